The Labute approximate surface area is 76.0 Å². The number of hydrogen-bond acceptors (Lipinski definition) is 2. The molecule has 0 aromatic heterocycles. The minimum Gasteiger partial charge on any atom is -0.293 e. The lowest BCUT2D eigenvalue weighted by atomic mass is 10.1. The summed E-state index contributed by atoms with van der Waals surface area (Å²) in [4.78, 5) is 13.5. The van der Waals surface area contributed by atoms with Crippen molar-refractivity contribution < 1.29 is 9.18 Å². The van der Waals surface area contributed by atoms with Crippen LogP contribution in [0.4, 0.5) is 4.39 Å². The predicted molar refractivity (Wildman–Crippen MR) is 47.2 cm³/mol. The van der Waals surface area contributed by atoms with Crippen LogP contribution < -0.4 is 0 Å². The third-order valence-corrected chi connectivity index (χ3v) is 2.07. The summed E-state index contributed by atoms with van der Waals surface area (Å²) < 4.78 is 12.5. The SMILES string of the molecule is O=C(CN1CC1)c1ccc(F)cc1. The Morgan fingerprint density at radius 2 is 1.92 bits per heavy atom. The van der Waals surface area contributed by atoms with Crippen molar-refractivity contribution in [3.8, 4) is 0 Å². The van der Waals surface area contributed by atoms with Crippen LogP contribution in [0.1, 0.15) is 10.4 Å². The minimum atomic E-state index is -0.303. The average Bonchev–Trinajstić information content (AvgIpc) is 2.89. The van der Waals surface area contributed by atoms with Gasteiger partial charge in [0.2, 0.25) is 0 Å². The van der Waals surface area contributed by atoms with Crippen LogP contribution in [0.5, 0.6) is 0 Å². The van der Waals surface area contributed by atoms with E-state index in [1.165, 1.54) is 24.3 Å². The number of hydrogen-bond donors (Lipinski definition) is 0. The molecule has 0 spiro atoms. The number of halogens is 1. The molecular weight excluding hydrogens is 169 g/mol. The first-order chi connectivity index (χ1) is 6.25. The predicted octanol–water partition coefficient (Wildman–Crippen LogP) is 1.32. The lowest BCUT2D eigenvalue weighted by molar-refractivity contribution is 0.0974. The van der Waals surface area contributed by atoms with Crippen molar-refractivity contribution in [3.05, 3.63) is 35.6 Å². The fourth-order valence-corrected chi connectivity index (χ4v) is 1.16. The summed E-state index contributed by atoms with van der Waals surface area (Å²) in [5.74, 6) is -0.235. The molecule has 0 saturated carbocycles. The van der Waals surface area contributed by atoms with Gasteiger partial charge in [-0.15, -0.1) is 0 Å². The first-order valence-corrected chi connectivity index (χ1v) is 4.27. The van der Waals surface area contributed by atoms with Crippen LogP contribution in [-0.4, -0.2) is 30.3 Å². The summed E-state index contributed by atoms with van der Waals surface area (Å²) in [6, 6.07) is 5.69. The summed E-state index contributed by atoms with van der Waals surface area (Å²) in [6.45, 7) is 2.48. The van der Waals surface area contributed by atoms with Gasteiger partial charge < -0.3 is 0 Å². The van der Waals surface area contributed by atoms with Crippen molar-refractivity contribution in [2.24, 2.45) is 0 Å². The molecular formula is C10H10FNO. The normalized spacial score (nSPS) is 15.8. The Bertz CT molecular complexity index is 316. The molecule has 0 atom stereocenters. The van der Waals surface area contributed by atoms with Crippen molar-refractivity contribution in [2.45, 2.75) is 0 Å². The molecule has 0 aliphatic carbocycles. The smallest absolute Gasteiger partial charge is 0.176 e. The number of Topliss-reactive ketones (excluding diaryl/α,β-unsaturated/α-hetero) is 1. The van der Waals surface area contributed by atoms with E-state index in [0.29, 0.717) is 12.1 Å². The molecule has 0 amide bonds. The topological polar surface area (TPSA) is 20.1 Å². The van der Waals surface area contributed by atoms with Gasteiger partial charge in [0, 0.05) is 18.7 Å². The van der Waals surface area contributed by atoms with Gasteiger partial charge in [-0.05, 0) is 24.3 Å². The van der Waals surface area contributed by atoms with E-state index in [1.807, 2.05) is 4.90 Å². The van der Waals surface area contributed by atoms with Gasteiger partial charge in [0.25, 0.3) is 0 Å². The zero-order valence-electron chi connectivity index (χ0n) is 7.16. The third-order valence-electron chi connectivity index (χ3n) is 2.07. The third kappa shape index (κ3) is 2.12. The molecule has 2 rings (SSSR count). The van der Waals surface area contributed by atoms with Crippen LogP contribution in [0.3, 0.4) is 0 Å². The van der Waals surface area contributed by atoms with Gasteiger partial charge in [0.15, 0.2) is 5.78 Å². The van der Waals surface area contributed by atoms with E-state index in [4.69, 9.17) is 0 Å². The summed E-state index contributed by atoms with van der Waals surface area (Å²) >= 11 is 0. The lowest BCUT2D eigenvalue weighted by Crippen LogP contribution is -2.12. The largest absolute Gasteiger partial charge is 0.293 e. The summed E-state index contributed by atoms with van der Waals surface area (Å²) in [5.41, 5.74) is 0.591. The molecule has 1 heterocycles. The highest BCUT2D eigenvalue weighted by Gasteiger charge is 2.20. The standard InChI is InChI=1S/C10H10FNO/c11-9-3-1-8(2-4-9)10(13)7-12-5-6-12/h1-4H,5-7H2. The number of ketones is 1. The minimum absolute atomic E-state index is 0.0671. The van der Waals surface area contributed by atoms with Crippen LogP contribution in [0.25, 0.3) is 0 Å². The van der Waals surface area contributed by atoms with Gasteiger partial charge in [0.1, 0.15) is 5.82 Å². The molecule has 1 saturated heterocycles. The first-order valence-electron chi connectivity index (χ1n) is 4.27. The van der Waals surface area contributed by atoms with Crippen molar-refractivity contribution in [3.63, 3.8) is 0 Å². The molecule has 2 nitrogen and oxygen atoms in total. The number of nitrogens with zero attached hydrogens (tertiary/aromatic N) is 1. The summed E-state index contributed by atoms with van der Waals surface area (Å²) in [5, 5.41) is 0. The van der Waals surface area contributed by atoms with Gasteiger partial charge in [-0.3, -0.25) is 9.69 Å². The van der Waals surface area contributed by atoms with E-state index in [9.17, 15) is 9.18 Å². The molecule has 0 N–H and O–H groups in total. The first kappa shape index (κ1) is 8.38. The van der Waals surface area contributed by atoms with E-state index in [0.717, 1.165) is 13.1 Å². The fourth-order valence-electron chi connectivity index (χ4n) is 1.16. The van der Waals surface area contributed by atoms with Crippen molar-refractivity contribution in [1.29, 1.82) is 0 Å². The quantitative estimate of drug-likeness (QED) is 0.515. The van der Waals surface area contributed by atoms with Gasteiger partial charge in [0.05, 0.1) is 6.54 Å². The van der Waals surface area contributed by atoms with E-state index >= 15 is 0 Å². The van der Waals surface area contributed by atoms with Crippen molar-refractivity contribution >= 4 is 5.78 Å². The van der Waals surface area contributed by atoms with Crippen LogP contribution in [0.15, 0.2) is 24.3 Å². The molecule has 13 heavy (non-hydrogen) atoms. The molecule has 0 bridgehead atoms. The van der Waals surface area contributed by atoms with Crippen LogP contribution >= 0.6 is 0 Å². The average molecular weight is 179 g/mol. The number of carbonyl (C=O) groups is 1. The molecule has 1 aromatic rings. The molecule has 3 heteroatoms. The van der Waals surface area contributed by atoms with Crippen molar-refractivity contribution in [1.82, 2.24) is 4.90 Å². The van der Waals surface area contributed by atoms with E-state index < -0.39 is 0 Å². The fraction of sp³-hybridized carbons (Fsp3) is 0.300. The Kier molecular flexibility index (Phi) is 2.10. The second-order valence-corrected chi connectivity index (χ2v) is 3.21. The zero-order valence-corrected chi connectivity index (χ0v) is 7.16. The highest BCUT2D eigenvalue weighted by atomic mass is 19.1. The van der Waals surface area contributed by atoms with E-state index in [1.54, 1.807) is 0 Å². The maximum absolute atomic E-state index is 12.5. The molecule has 1 aliphatic rings. The Balaban J connectivity index is 2.05. The Morgan fingerprint density at radius 1 is 1.31 bits per heavy atom. The molecule has 1 aromatic carbocycles. The lowest BCUT2D eigenvalue weighted by Gasteiger charge is -2.00. The van der Waals surface area contributed by atoms with Gasteiger partial charge in [-0.25, -0.2) is 4.39 Å². The van der Waals surface area contributed by atoms with Gasteiger partial charge >= 0.3 is 0 Å². The number of rotatable bonds is 3. The van der Waals surface area contributed by atoms with Crippen LogP contribution in [0.2, 0.25) is 0 Å². The Morgan fingerprint density at radius 3 is 2.46 bits per heavy atom. The second kappa shape index (κ2) is 3.26. The monoisotopic (exact) mass is 179 g/mol. The molecule has 68 valence electrons. The maximum Gasteiger partial charge on any atom is 0.176 e. The molecule has 1 fully saturated rings. The van der Waals surface area contributed by atoms with Crippen molar-refractivity contribution in [2.75, 3.05) is 19.6 Å². The van der Waals surface area contributed by atoms with Crippen LogP contribution in [-0.2, 0) is 0 Å². The Hall–Kier alpha value is -1.22. The van der Waals surface area contributed by atoms with Crippen LogP contribution in [0, 0.1) is 5.82 Å². The molecule has 0 radical (unpaired) electrons. The number of benzene rings is 1. The van der Waals surface area contributed by atoms with Gasteiger partial charge in [-0.1, -0.05) is 0 Å². The highest BCUT2D eigenvalue weighted by molar-refractivity contribution is 5.97. The molecule has 1 aliphatic heterocycles. The second-order valence-electron chi connectivity index (χ2n) is 3.21. The maximum atomic E-state index is 12.5. The zero-order chi connectivity index (χ0) is 9.26. The highest BCUT2D eigenvalue weighted by Crippen LogP contribution is 2.08. The van der Waals surface area contributed by atoms with Gasteiger partial charge in [-0.2, -0.15) is 0 Å². The van der Waals surface area contributed by atoms with E-state index in [-0.39, 0.29) is 11.6 Å². The summed E-state index contributed by atoms with van der Waals surface area (Å²) in [6.07, 6.45) is 0. The summed E-state index contributed by atoms with van der Waals surface area (Å²) in [7, 11) is 0. The number of carbonyl (C=O) groups excluding carboxylic acids is 1. The molecule has 0 unspecified atom stereocenters. The van der Waals surface area contributed by atoms with E-state index in [2.05, 4.69) is 0 Å².